The maximum absolute atomic E-state index is 11.2. The van der Waals surface area contributed by atoms with Crippen molar-refractivity contribution in [3.8, 4) is 39.6 Å². The van der Waals surface area contributed by atoms with Crippen LogP contribution >= 0.6 is 0 Å². The molecule has 4 aromatic carbocycles. The standard InChI is InChI=1S/C28H21N3O2/c1-20-9-8-14-25(19-20)30-27(22-12-6-3-7-13-22)26(21-10-4-2-5-11-21)29-28(30)23-15-17-24(18-16-23)31(32)33/h2-19H,1H3. The van der Waals surface area contributed by atoms with Gasteiger partial charge in [-0.1, -0.05) is 72.8 Å². The van der Waals surface area contributed by atoms with Gasteiger partial charge in [0, 0.05) is 34.5 Å². The third-order valence-corrected chi connectivity index (χ3v) is 5.57. The van der Waals surface area contributed by atoms with Gasteiger partial charge < -0.3 is 0 Å². The molecule has 0 bridgehead atoms. The normalized spacial score (nSPS) is 10.8. The van der Waals surface area contributed by atoms with Crippen LogP contribution in [0.3, 0.4) is 0 Å². The molecule has 0 N–H and O–H groups in total. The minimum Gasteiger partial charge on any atom is -0.292 e. The average molecular weight is 431 g/mol. The van der Waals surface area contributed by atoms with Crippen molar-refractivity contribution in [1.82, 2.24) is 9.55 Å². The van der Waals surface area contributed by atoms with Crippen LogP contribution in [0, 0.1) is 17.0 Å². The second-order valence-corrected chi connectivity index (χ2v) is 7.84. The molecule has 1 aromatic heterocycles. The summed E-state index contributed by atoms with van der Waals surface area (Å²) >= 11 is 0. The number of imidazole rings is 1. The predicted octanol–water partition coefficient (Wildman–Crippen LogP) is 7.09. The van der Waals surface area contributed by atoms with E-state index in [1.165, 1.54) is 12.1 Å². The van der Waals surface area contributed by atoms with Crippen LogP contribution in [0.2, 0.25) is 0 Å². The van der Waals surface area contributed by atoms with Crippen LogP contribution in [0.1, 0.15) is 5.56 Å². The summed E-state index contributed by atoms with van der Waals surface area (Å²) in [6.45, 7) is 2.06. The summed E-state index contributed by atoms with van der Waals surface area (Å²) in [6.07, 6.45) is 0. The number of benzene rings is 4. The summed E-state index contributed by atoms with van der Waals surface area (Å²) in [7, 11) is 0. The lowest BCUT2D eigenvalue weighted by atomic mass is 10.0. The van der Waals surface area contributed by atoms with Gasteiger partial charge in [0.15, 0.2) is 0 Å². The Bertz CT molecular complexity index is 1420. The SMILES string of the molecule is Cc1cccc(-n2c(-c3ccc([N+](=O)[O-])cc3)nc(-c3ccccc3)c2-c2ccccc2)c1. The third-order valence-electron chi connectivity index (χ3n) is 5.57. The number of aryl methyl sites for hydroxylation is 1. The van der Waals surface area contributed by atoms with Crippen molar-refractivity contribution >= 4 is 5.69 Å². The van der Waals surface area contributed by atoms with Crippen LogP contribution in [0.4, 0.5) is 5.69 Å². The van der Waals surface area contributed by atoms with Crippen molar-refractivity contribution in [2.45, 2.75) is 6.92 Å². The highest BCUT2D eigenvalue weighted by Gasteiger charge is 2.22. The molecule has 0 spiro atoms. The van der Waals surface area contributed by atoms with E-state index in [1.54, 1.807) is 12.1 Å². The molecule has 0 aliphatic heterocycles. The van der Waals surface area contributed by atoms with E-state index < -0.39 is 0 Å². The van der Waals surface area contributed by atoms with Crippen molar-refractivity contribution in [2.75, 3.05) is 0 Å². The van der Waals surface area contributed by atoms with Gasteiger partial charge in [-0.05, 0) is 36.8 Å². The van der Waals surface area contributed by atoms with Crippen molar-refractivity contribution in [2.24, 2.45) is 0 Å². The van der Waals surface area contributed by atoms with Crippen molar-refractivity contribution in [3.05, 3.63) is 125 Å². The Morgan fingerprint density at radius 1 is 0.727 bits per heavy atom. The Morgan fingerprint density at radius 3 is 1.97 bits per heavy atom. The molecule has 5 rings (SSSR count). The number of nitro groups is 1. The third kappa shape index (κ3) is 3.92. The maximum Gasteiger partial charge on any atom is 0.269 e. The lowest BCUT2D eigenvalue weighted by molar-refractivity contribution is -0.384. The van der Waals surface area contributed by atoms with Gasteiger partial charge in [-0.15, -0.1) is 0 Å². The molecule has 0 saturated heterocycles. The van der Waals surface area contributed by atoms with Crippen molar-refractivity contribution < 1.29 is 4.92 Å². The minimum atomic E-state index is -0.387. The topological polar surface area (TPSA) is 61.0 Å². The number of nitrogens with zero attached hydrogens (tertiary/aromatic N) is 3. The van der Waals surface area contributed by atoms with Gasteiger partial charge in [0.25, 0.3) is 5.69 Å². The molecule has 0 aliphatic carbocycles. The van der Waals surface area contributed by atoms with E-state index in [4.69, 9.17) is 4.98 Å². The summed E-state index contributed by atoms with van der Waals surface area (Å²) in [6, 6.07) is 35.1. The Balaban J connectivity index is 1.85. The molecule has 5 heteroatoms. The molecule has 1 heterocycles. The summed E-state index contributed by atoms with van der Waals surface area (Å²) in [5, 5.41) is 11.2. The fourth-order valence-electron chi connectivity index (χ4n) is 4.02. The second kappa shape index (κ2) is 8.55. The first-order valence-electron chi connectivity index (χ1n) is 10.7. The zero-order valence-electron chi connectivity index (χ0n) is 18.1. The van der Waals surface area contributed by atoms with Crippen LogP contribution in [0.25, 0.3) is 39.6 Å². The lowest BCUT2D eigenvalue weighted by Crippen LogP contribution is -2.01. The van der Waals surface area contributed by atoms with Crippen LogP contribution in [0.15, 0.2) is 109 Å². The summed E-state index contributed by atoms with van der Waals surface area (Å²) in [5.74, 6) is 0.730. The molecule has 5 aromatic rings. The van der Waals surface area contributed by atoms with Gasteiger partial charge in [0.2, 0.25) is 0 Å². The van der Waals surface area contributed by atoms with Gasteiger partial charge in [-0.25, -0.2) is 4.98 Å². The number of nitro benzene ring substituents is 1. The molecule has 0 amide bonds. The van der Waals surface area contributed by atoms with E-state index in [9.17, 15) is 10.1 Å². The summed E-state index contributed by atoms with van der Waals surface area (Å²) < 4.78 is 2.14. The molecule has 160 valence electrons. The second-order valence-electron chi connectivity index (χ2n) is 7.84. The first kappa shape index (κ1) is 20.4. The zero-order valence-corrected chi connectivity index (χ0v) is 18.1. The average Bonchev–Trinajstić information content (AvgIpc) is 3.26. The van der Waals surface area contributed by atoms with E-state index in [0.717, 1.165) is 45.2 Å². The fraction of sp³-hybridized carbons (Fsp3) is 0.0357. The van der Waals surface area contributed by atoms with Gasteiger partial charge in [0.1, 0.15) is 5.82 Å². The molecular formula is C28H21N3O2. The molecule has 0 fully saturated rings. The van der Waals surface area contributed by atoms with Crippen molar-refractivity contribution in [1.29, 1.82) is 0 Å². The fourth-order valence-corrected chi connectivity index (χ4v) is 4.02. The highest BCUT2D eigenvalue weighted by Crippen LogP contribution is 2.38. The monoisotopic (exact) mass is 431 g/mol. The highest BCUT2D eigenvalue weighted by atomic mass is 16.6. The smallest absolute Gasteiger partial charge is 0.269 e. The van der Waals surface area contributed by atoms with E-state index in [1.807, 2.05) is 42.5 Å². The van der Waals surface area contributed by atoms with Gasteiger partial charge >= 0.3 is 0 Å². The lowest BCUT2D eigenvalue weighted by Gasteiger charge is -2.14. The summed E-state index contributed by atoms with van der Waals surface area (Å²) in [5.41, 5.74) is 6.86. The predicted molar refractivity (Wildman–Crippen MR) is 131 cm³/mol. The molecule has 0 atom stereocenters. The molecule has 0 aliphatic rings. The highest BCUT2D eigenvalue weighted by molar-refractivity contribution is 5.84. The Kier molecular flexibility index (Phi) is 5.29. The minimum absolute atomic E-state index is 0.0546. The molecular weight excluding hydrogens is 410 g/mol. The van der Waals surface area contributed by atoms with Crippen LogP contribution in [-0.4, -0.2) is 14.5 Å². The van der Waals surface area contributed by atoms with Crippen molar-refractivity contribution in [3.63, 3.8) is 0 Å². The molecule has 0 unspecified atom stereocenters. The quantitative estimate of drug-likeness (QED) is 0.220. The molecule has 5 nitrogen and oxygen atoms in total. The number of rotatable bonds is 5. The van der Waals surface area contributed by atoms with Crippen LogP contribution in [0.5, 0.6) is 0 Å². The Morgan fingerprint density at radius 2 is 1.36 bits per heavy atom. The largest absolute Gasteiger partial charge is 0.292 e. The van der Waals surface area contributed by atoms with E-state index >= 15 is 0 Å². The van der Waals surface area contributed by atoms with Gasteiger partial charge in [-0.2, -0.15) is 0 Å². The number of non-ortho nitro benzene ring substituents is 1. The first-order chi connectivity index (χ1) is 16.1. The number of hydrogen-bond donors (Lipinski definition) is 0. The molecule has 0 saturated carbocycles. The summed E-state index contributed by atoms with van der Waals surface area (Å²) in [4.78, 5) is 15.9. The van der Waals surface area contributed by atoms with E-state index in [2.05, 4.69) is 54.0 Å². The molecule has 0 radical (unpaired) electrons. The number of hydrogen-bond acceptors (Lipinski definition) is 3. The maximum atomic E-state index is 11.2. The van der Waals surface area contributed by atoms with Crippen LogP contribution < -0.4 is 0 Å². The molecule has 33 heavy (non-hydrogen) atoms. The Labute approximate surface area is 191 Å². The van der Waals surface area contributed by atoms with Gasteiger partial charge in [0.05, 0.1) is 16.3 Å². The van der Waals surface area contributed by atoms with Gasteiger partial charge in [-0.3, -0.25) is 14.7 Å². The van der Waals surface area contributed by atoms with E-state index in [0.29, 0.717) is 0 Å². The van der Waals surface area contributed by atoms with E-state index in [-0.39, 0.29) is 10.6 Å². The number of aromatic nitrogens is 2. The zero-order chi connectivity index (χ0) is 22.8. The van der Waals surface area contributed by atoms with Crippen LogP contribution in [-0.2, 0) is 0 Å². The first-order valence-corrected chi connectivity index (χ1v) is 10.7. The Hall–Kier alpha value is -4.51.